The summed E-state index contributed by atoms with van der Waals surface area (Å²) < 4.78 is 42.0. The van der Waals surface area contributed by atoms with Crippen molar-refractivity contribution in [3.05, 3.63) is 59.4 Å². The van der Waals surface area contributed by atoms with Gasteiger partial charge in [0.2, 0.25) is 10.0 Å². The zero-order valence-electron chi connectivity index (χ0n) is 12.2. The van der Waals surface area contributed by atoms with Crippen molar-refractivity contribution in [2.75, 3.05) is 0 Å². The Morgan fingerprint density at radius 3 is 2.65 bits per heavy atom. The minimum atomic E-state index is -3.72. The number of sulfonamides is 1. The molecular weight excluding hydrogens is 337 g/mol. The van der Waals surface area contributed by atoms with Gasteiger partial charge < -0.3 is 0 Å². The molecule has 0 spiro atoms. The molecule has 0 aliphatic heterocycles. The molecule has 0 radical (unpaired) electrons. The monoisotopic (exact) mass is 351 g/mol. The van der Waals surface area contributed by atoms with Crippen molar-refractivity contribution in [1.82, 2.24) is 14.5 Å². The zero-order valence-corrected chi connectivity index (χ0v) is 13.9. The first-order valence-corrected chi connectivity index (χ1v) is 9.13. The first kappa shape index (κ1) is 15.9. The summed E-state index contributed by atoms with van der Waals surface area (Å²) in [6.45, 7) is 0.0847. The fourth-order valence-corrected chi connectivity index (χ4v) is 4.10. The Bertz CT molecular complexity index is 901. The summed E-state index contributed by atoms with van der Waals surface area (Å²) >= 11 is 1.43. The lowest BCUT2D eigenvalue weighted by molar-refractivity contribution is 0.581. The third-order valence-electron chi connectivity index (χ3n) is 3.22. The standard InChI is InChI=1S/C15H14FN3O2S2/c1-19-10-14(15(18-19)13-3-2-8-22-13)23(20,21)17-9-11-4-6-12(16)7-5-11/h2-8,10,17H,9H2,1H3. The summed E-state index contributed by atoms with van der Waals surface area (Å²) in [7, 11) is -2.05. The van der Waals surface area contributed by atoms with Crippen LogP contribution in [0.2, 0.25) is 0 Å². The van der Waals surface area contributed by atoms with E-state index in [4.69, 9.17) is 0 Å². The van der Waals surface area contributed by atoms with Gasteiger partial charge in [-0.15, -0.1) is 11.3 Å². The summed E-state index contributed by atoms with van der Waals surface area (Å²) in [6.07, 6.45) is 1.47. The van der Waals surface area contributed by atoms with Gasteiger partial charge in [0.05, 0.1) is 4.88 Å². The minimum Gasteiger partial charge on any atom is -0.274 e. The Hall–Kier alpha value is -2.03. The molecule has 0 aliphatic rings. The number of halogens is 1. The SMILES string of the molecule is Cn1cc(S(=O)(=O)NCc2ccc(F)cc2)c(-c2cccs2)n1. The van der Waals surface area contributed by atoms with Crippen LogP contribution in [-0.4, -0.2) is 18.2 Å². The molecule has 0 aliphatic carbocycles. The van der Waals surface area contributed by atoms with Crippen LogP contribution in [0.4, 0.5) is 4.39 Å². The molecule has 0 saturated carbocycles. The maximum Gasteiger partial charge on any atom is 0.244 e. The Morgan fingerprint density at radius 1 is 1.26 bits per heavy atom. The van der Waals surface area contributed by atoms with Crippen LogP contribution in [-0.2, 0) is 23.6 Å². The smallest absolute Gasteiger partial charge is 0.244 e. The predicted octanol–water partition coefficient (Wildman–Crippen LogP) is 2.77. The van der Waals surface area contributed by atoms with Crippen LogP contribution in [0.15, 0.2) is 52.9 Å². The van der Waals surface area contributed by atoms with E-state index < -0.39 is 10.0 Å². The fraction of sp³-hybridized carbons (Fsp3) is 0.133. The highest BCUT2D eigenvalue weighted by Gasteiger charge is 2.23. The Labute approximate surface area is 137 Å². The topological polar surface area (TPSA) is 64.0 Å². The van der Waals surface area contributed by atoms with E-state index in [1.807, 2.05) is 17.5 Å². The van der Waals surface area contributed by atoms with Crippen molar-refractivity contribution >= 4 is 21.4 Å². The van der Waals surface area contributed by atoms with Gasteiger partial charge in [-0.1, -0.05) is 18.2 Å². The number of nitrogens with zero attached hydrogens (tertiary/aromatic N) is 2. The molecule has 0 amide bonds. The lowest BCUT2D eigenvalue weighted by Crippen LogP contribution is -2.23. The highest BCUT2D eigenvalue weighted by Crippen LogP contribution is 2.29. The normalized spacial score (nSPS) is 11.7. The van der Waals surface area contributed by atoms with Crippen molar-refractivity contribution in [1.29, 1.82) is 0 Å². The number of rotatable bonds is 5. The summed E-state index contributed by atoms with van der Waals surface area (Å²) in [5.41, 5.74) is 1.10. The minimum absolute atomic E-state index is 0.0847. The molecule has 8 heteroatoms. The summed E-state index contributed by atoms with van der Waals surface area (Å²) in [5, 5.41) is 6.11. The molecule has 23 heavy (non-hydrogen) atoms. The van der Waals surface area contributed by atoms with Gasteiger partial charge in [0.1, 0.15) is 16.4 Å². The Balaban J connectivity index is 1.87. The van der Waals surface area contributed by atoms with E-state index >= 15 is 0 Å². The highest BCUT2D eigenvalue weighted by atomic mass is 32.2. The molecule has 1 N–H and O–H groups in total. The number of aromatic nitrogens is 2. The molecule has 0 bridgehead atoms. The van der Waals surface area contributed by atoms with Gasteiger partial charge in [0.15, 0.2) is 0 Å². The van der Waals surface area contributed by atoms with Gasteiger partial charge in [-0.3, -0.25) is 4.68 Å². The van der Waals surface area contributed by atoms with Crippen LogP contribution < -0.4 is 4.72 Å². The van der Waals surface area contributed by atoms with Crippen molar-refractivity contribution in [2.45, 2.75) is 11.4 Å². The highest BCUT2D eigenvalue weighted by molar-refractivity contribution is 7.89. The largest absolute Gasteiger partial charge is 0.274 e. The third kappa shape index (κ3) is 3.49. The lowest BCUT2D eigenvalue weighted by Gasteiger charge is -2.06. The van der Waals surface area contributed by atoms with Crippen LogP contribution in [0.5, 0.6) is 0 Å². The molecular formula is C15H14FN3O2S2. The predicted molar refractivity (Wildman–Crippen MR) is 86.9 cm³/mol. The van der Waals surface area contributed by atoms with Crippen LogP contribution in [0.1, 0.15) is 5.56 Å². The molecule has 3 rings (SSSR count). The molecule has 0 fully saturated rings. The van der Waals surface area contributed by atoms with Gasteiger partial charge >= 0.3 is 0 Å². The van der Waals surface area contributed by atoms with Crippen LogP contribution in [0.25, 0.3) is 10.6 Å². The quantitative estimate of drug-likeness (QED) is 0.769. The van der Waals surface area contributed by atoms with Crippen molar-refractivity contribution in [3.8, 4) is 10.6 Å². The molecule has 2 heterocycles. The molecule has 0 unspecified atom stereocenters. The fourth-order valence-electron chi connectivity index (χ4n) is 2.11. The van der Waals surface area contributed by atoms with Crippen molar-refractivity contribution in [3.63, 3.8) is 0 Å². The zero-order chi connectivity index (χ0) is 16.4. The van der Waals surface area contributed by atoms with Gasteiger partial charge in [-0.05, 0) is 29.1 Å². The maximum atomic E-state index is 12.9. The van der Waals surface area contributed by atoms with E-state index in [-0.39, 0.29) is 17.3 Å². The van der Waals surface area contributed by atoms with Crippen molar-refractivity contribution < 1.29 is 12.8 Å². The summed E-state index contributed by atoms with van der Waals surface area (Å²) in [5.74, 6) is -0.358. The molecule has 120 valence electrons. The molecule has 0 atom stereocenters. The molecule has 1 aromatic carbocycles. The van der Waals surface area contributed by atoms with E-state index in [0.717, 1.165) is 4.88 Å². The summed E-state index contributed by atoms with van der Waals surface area (Å²) in [6, 6.07) is 9.35. The van der Waals surface area contributed by atoms with Gasteiger partial charge in [-0.25, -0.2) is 17.5 Å². The molecule has 5 nitrogen and oxygen atoms in total. The van der Waals surface area contributed by atoms with E-state index in [2.05, 4.69) is 9.82 Å². The van der Waals surface area contributed by atoms with Crippen molar-refractivity contribution in [2.24, 2.45) is 7.05 Å². The Morgan fingerprint density at radius 2 is 2.00 bits per heavy atom. The number of nitrogens with one attached hydrogen (secondary N) is 1. The van der Waals surface area contributed by atoms with E-state index in [9.17, 15) is 12.8 Å². The molecule has 2 aromatic heterocycles. The Kier molecular flexibility index (Phi) is 4.29. The lowest BCUT2D eigenvalue weighted by atomic mass is 10.2. The number of benzene rings is 1. The van der Waals surface area contributed by atoms with Gasteiger partial charge in [0.25, 0.3) is 0 Å². The van der Waals surface area contributed by atoms with E-state index in [1.165, 1.54) is 34.3 Å². The number of hydrogen-bond donors (Lipinski definition) is 1. The average Bonchev–Trinajstić information content (AvgIpc) is 3.16. The average molecular weight is 351 g/mol. The summed E-state index contributed by atoms with van der Waals surface area (Å²) in [4.78, 5) is 0.914. The van der Waals surface area contributed by atoms with Crippen LogP contribution in [0, 0.1) is 5.82 Å². The van der Waals surface area contributed by atoms with Crippen LogP contribution in [0.3, 0.4) is 0 Å². The maximum absolute atomic E-state index is 12.9. The number of thiophene rings is 1. The van der Waals surface area contributed by atoms with E-state index in [0.29, 0.717) is 11.3 Å². The van der Waals surface area contributed by atoms with Gasteiger partial charge in [-0.2, -0.15) is 5.10 Å². The second-order valence-corrected chi connectivity index (χ2v) is 7.63. The first-order chi connectivity index (χ1) is 11.0. The first-order valence-electron chi connectivity index (χ1n) is 6.77. The number of aryl methyl sites for hydroxylation is 1. The third-order valence-corrected chi connectivity index (χ3v) is 5.50. The second kappa shape index (κ2) is 6.23. The van der Waals surface area contributed by atoms with E-state index in [1.54, 1.807) is 19.2 Å². The second-order valence-electron chi connectivity index (χ2n) is 4.94. The van der Waals surface area contributed by atoms with Crippen LogP contribution >= 0.6 is 11.3 Å². The molecule has 0 saturated heterocycles. The molecule has 3 aromatic rings. The number of hydrogen-bond acceptors (Lipinski definition) is 4. The van der Waals surface area contributed by atoms with Gasteiger partial charge in [0, 0.05) is 19.8 Å².